The molecular weight excluding hydrogens is 164 g/mol. The lowest BCUT2D eigenvalue weighted by Gasteiger charge is -1.94. The number of carbonyl (C=O) groups excluding carboxylic acids is 1. The summed E-state index contributed by atoms with van der Waals surface area (Å²) in [7, 11) is 0. The first-order valence-corrected chi connectivity index (χ1v) is 4.30. The molecular formula is C10H8N2O. The van der Waals surface area contributed by atoms with E-state index >= 15 is 0 Å². The maximum Gasteiger partial charge on any atom is 0.160 e. The van der Waals surface area contributed by atoms with E-state index in [1.165, 1.54) is 0 Å². The highest BCUT2D eigenvalue weighted by Crippen LogP contribution is 2.20. The fraction of sp³-hybridized carbons (Fsp3) is 0.200. The highest BCUT2D eigenvalue weighted by molar-refractivity contribution is 5.87. The highest BCUT2D eigenvalue weighted by Gasteiger charge is 2.21. The second-order valence-corrected chi connectivity index (χ2v) is 3.32. The van der Waals surface area contributed by atoms with Crippen LogP contribution < -0.4 is 0 Å². The molecule has 2 aromatic rings. The zero-order valence-electron chi connectivity index (χ0n) is 7.03. The van der Waals surface area contributed by atoms with Gasteiger partial charge < -0.3 is 4.57 Å². The smallest absolute Gasteiger partial charge is 0.160 e. The SMILES string of the molecule is O=C1Cc2nc3ccccc3n2C1. The first kappa shape index (κ1) is 6.83. The summed E-state index contributed by atoms with van der Waals surface area (Å²) >= 11 is 0. The Morgan fingerprint density at radius 1 is 1.31 bits per heavy atom. The molecule has 0 atom stereocenters. The van der Waals surface area contributed by atoms with Gasteiger partial charge >= 0.3 is 0 Å². The van der Waals surface area contributed by atoms with Crippen LogP contribution >= 0.6 is 0 Å². The van der Waals surface area contributed by atoms with Gasteiger partial charge in [-0.3, -0.25) is 4.79 Å². The van der Waals surface area contributed by atoms with E-state index in [1.807, 2.05) is 28.8 Å². The van der Waals surface area contributed by atoms with Gasteiger partial charge in [0, 0.05) is 0 Å². The van der Waals surface area contributed by atoms with Gasteiger partial charge in [0.05, 0.1) is 24.0 Å². The number of hydrogen-bond donors (Lipinski definition) is 0. The fourth-order valence-corrected chi connectivity index (χ4v) is 1.85. The Balaban J connectivity index is 2.37. The number of benzene rings is 1. The minimum Gasteiger partial charge on any atom is -0.320 e. The van der Waals surface area contributed by atoms with Gasteiger partial charge in [-0.05, 0) is 12.1 Å². The number of ketones is 1. The third kappa shape index (κ3) is 0.840. The summed E-state index contributed by atoms with van der Waals surface area (Å²) in [5.74, 6) is 1.17. The Bertz CT molecular complexity index is 499. The molecule has 0 aliphatic carbocycles. The van der Waals surface area contributed by atoms with Crippen molar-refractivity contribution in [2.75, 3.05) is 0 Å². The van der Waals surface area contributed by atoms with Crippen molar-refractivity contribution >= 4 is 16.8 Å². The Labute approximate surface area is 75.0 Å². The first-order valence-electron chi connectivity index (χ1n) is 4.30. The number of carbonyl (C=O) groups is 1. The van der Waals surface area contributed by atoms with Crippen LogP contribution in [0.1, 0.15) is 5.82 Å². The normalized spacial score (nSPS) is 15.2. The summed E-state index contributed by atoms with van der Waals surface area (Å²) in [4.78, 5) is 15.5. The lowest BCUT2D eigenvalue weighted by Crippen LogP contribution is -1.98. The van der Waals surface area contributed by atoms with Crippen LogP contribution in [0.25, 0.3) is 11.0 Å². The summed E-state index contributed by atoms with van der Waals surface area (Å²) in [6, 6.07) is 7.92. The summed E-state index contributed by atoms with van der Waals surface area (Å²) in [6.07, 6.45) is 0.495. The quantitative estimate of drug-likeness (QED) is 0.597. The summed E-state index contributed by atoms with van der Waals surface area (Å²) in [6.45, 7) is 0.496. The summed E-state index contributed by atoms with van der Waals surface area (Å²) in [5.41, 5.74) is 2.06. The third-order valence-electron chi connectivity index (χ3n) is 2.42. The van der Waals surface area contributed by atoms with Gasteiger partial charge in [-0.15, -0.1) is 0 Å². The third-order valence-corrected chi connectivity index (χ3v) is 2.42. The molecule has 0 saturated carbocycles. The van der Waals surface area contributed by atoms with E-state index in [2.05, 4.69) is 4.98 Å². The molecule has 1 aromatic heterocycles. The van der Waals surface area contributed by atoms with E-state index in [0.29, 0.717) is 13.0 Å². The predicted molar refractivity (Wildman–Crippen MR) is 48.4 cm³/mol. The van der Waals surface area contributed by atoms with E-state index in [4.69, 9.17) is 0 Å². The van der Waals surface area contributed by atoms with Crippen LogP contribution in [0, 0.1) is 0 Å². The minimum absolute atomic E-state index is 0.258. The molecule has 13 heavy (non-hydrogen) atoms. The van der Waals surface area contributed by atoms with E-state index in [9.17, 15) is 4.79 Å². The first-order chi connectivity index (χ1) is 6.34. The summed E-state index contributed by atoms with van der Waals surface area (Å²) in [5, 5.41) is 0. The maximum absolute atomic E-state index is 11.1. The second kappa shape index (κ2) is 2.19. The average molecular weight is 172 g/mol. The van der Waals surface area contributed by atoms with Crippen molar-refractivity contribution in [3.05, 3.63) is 30.1 Å². The number of aromatic nitrogens is 2. The average Bonchev–Trinajstić information content (AvgIpc) is 2.60. The molecule has 1 aliphatic heterocycles. The van der Waals surface area contributed by atoms with E-state index in [1.54, 1.807) is 0 Å². The van der Waals surface area contributed by atoms with Crippen molar-refractivity contribution in [1.29, 1.82) is 0 Å². The molecule has 3 rings (SSSR count). The van der Waals surface area contributed by atoms with Crippen molar-refractivity contribution in [3.63, 3.8) is 0 Å². The lowest BCUT2D eigenvalue weighted by atomic mass is 10.3. The van der Waals surface area contributed by atoms with E-state index < -0.39 is 0 Å². The van der Waals surface area contributed by atoms with Gasteiger partial charge in [-0.1, -0.05) is 12.1 Å². The second-order valence-electron chi connectivity index (χ2n) is 3.32. The van der Waals surface area contributed by atoms with Gasteiger partial charge in [0.2, 0.25) is 0 Å². The van der Waals surface area contributed by atoms with Crippen LogP contribution in [-0.2, 0) is 17.8 Å². The monoisotopic (exact) mass is 172 g/mol. The summed E-state index contributed by atoms with van der Waals surface area (Å²) < 4.78 is 2.00. The molecule has 0 spiro atoms. The van der Waals surface area contributed by atoms with Crippen molar-refractivity contribution in [1.82, 2.24) is 9.55 Å². The Morgan fingerprint density at radius 2 is 2.15 bits per heavy atom. The van der Waals surface area contributed by atoms with Crippen LogP contribution in [0.3, 0.4) is 0 Å². The van der Waals surface area contributed by atoms with Crippen LogP contribution in [0.5, 0.6) is 0 Å². The molecule has 1 aliphatic rings. The number of imidazole rings is 1. The van der Waals surface area contributed by atoms with Gasteiger partial charge in [0.1, 0.15) is 5.82 Å². The number of fused-ring (bicyclic) bond motifs is 3. The Hall–Kier alpha value is -1.64. The molecule has 0 amide bonds. The molecule has 0 unspecified atom stereocenters. The number of rotatable bonds is 0. The number of hydrogen-bond acceptors (Lipinski definition) is 2. The molecule has 64 valence electrons. The lowest BCUT2D eigenvalue weighted by molar-refractivity contribution is -0.117. The van der Waals surface area contributed by atoms with Gasteiger partial charge in [-0.2, -0.15) is 0 Å². The zero-order valence-corrected chi connectivity index (χ0v) is 7.03. The van der Waals surface area contributed by atoms with Crippen molar-refractivity contribution in [2.45, 2.75) is 13.0 Å². The van der Waals surface area contributed by atoms with Gasteiger partial charge in [0.25, 0.3) is 0 Å². The topological polar surface area (TPSA) is 34.9 Å². The van der Waals surface area contributed by atoms with Crippen LogP contribution in [0.15, 0.2) is 24.3 Å². The molecule has 0 radical (unpaired) electrons. The van der Waals surface area contributed by atoms with Crippen molar-refractivity contribution in [2.24, 2.45) is 0 Å². The molecule has 2 heterocycles. The molecule has 3 heteroatoms. The minimum atomic E-state index is 0.258. The Kier molecular flexibility index (Phi) is 1.15. The molecule has 0 bridgehead atoms. The molecule has 3 nitrogen and oxygen atoms in total. The molecule has 0 fully saturated rings. The maximum atomic E-state index is 11.1. The van der Waals surface area contributed by atoms with Gasteiger partial charge in [-0.25, -0.2) is 4.98 Å². The molecule has 1 aromatic carbocycles. The van der Waals surface area contributed by atoms with Crippen molar-refractivity contribution < 1.29 is 4.79 Å². The number of para-hydroxylation sites is 2. The van der Waals surface area contributed by atoms with Crippen LogP contribution in [0.2, 0.25) is 0 Å². The van der Waals surface area contributed by atoms with Gasteiger partial charge in [0.15, 0.2) is 5.78 Å². The number of nitrogens with zero attached hydrogens (tertiary/aromatic N) is 2. The fourth-order valence-electron chi connectivity index (χ4n) is 1.85. The van der Waals surface area contributed by atoms with E-state index in [0.717, 1.165) is 16.9 Å². The van der Waals surface area contributed by atoms with Crippen LogP contribution in [-0.4, -0.2) is 15.3 Å². The Morgan fingerprint density at radius 3 is 3.08 bits per heavy atom. The number of Topliss-reactive ketones (excluding diaryl/α,β-unsaturated/α-hetero) is 1. The highest BCUT2D eigenvalue weighted by atomic mass is 16.1. The standard InChI is InChI=1S/C10H8N2O/c13-7-5-10-11-8-3-1-2-4-9(8)12(10)6-7/h1-4H,5-6H2. The predicted octanol–water partition coefficient (Wildman–Crippen LogP) is 1.16. The molecule has 0 saturated heterocycles. The van der Waals surface area contributed by atoms with Crippen molar-refractivity contribution in [3.8, 4) is 0 Å². The largest absolute Gasteiger partial charge is 0.320 e. The zero-order chi connectivity index (χ0) is 8.84. The van der Waals surface area contributed by atoms with Crippen LogP contribution in [0.4, 0.5) is 0 Å². The van der Waals surface area contributed by atoms with E-state index in [-0.39, 0.29) is 5.78 Å². The molecule has 0 N–H and O–H groups in total.